The van der Waals surface area contributed by atoms with E-state index in [0.29, 0.717) is 17.3 Å². The summed E-state index contributed by atoms with van der Waals surface area (Å²) in [5.41, 5.74) is 1.93. The van der Waals surface area contributed by atoms with Crippen molar-refractivity contribution in [1.29, 1.82) is 0 Å². The Bertz CT molecular complexity index is 1320. The lowest BCUT2D eigenvalue weighted by Crippen LogP contribution is -2.54. The number of para-hydroxylation sites is 1. The second-order valence-corrected chi connectivity index (χ2v) is 11.4. The van der Waals surface area contributed by atoms with Crippen LogP contribution in [0.1, 0.15) is 18.1 Å². The molecule has 3 rings (SSSR count). The van der Waals surface area contributed by atoms with E-state index in [2.05, 4.69) is 5.32 Å². The maximum absolute atomic E-state index is 14.0. The predicted molar refractivity (Wildman–Crippen MR) is 151 cm³/mol. The fourth-order valence-electron chi connectivity index (χ4n) is 3.99. The van der Waals surface area contributed by atoms with E-state index in [1.165, 1.54) is 19.0 Å². The van der Waals surface area contributed by atoms with Gasteiger partial charge in [-0.1, -0.05) is 72.3 Å². The number of nitrogens with one attached hydrogen (secondary N) is 1. The van der Waals surface area contributed by atoms with E-state index in [4.69, 9.17) is 11.6 Å². The Balaban J connectivity index is 2.06. The number of amides is 2. The molecule has 0 bridgehead atoms. The van der Waals surface area contributed by atoms with Gasteiger partial charge in [-0.05, 0) is 42.3 Å². The van der Waals surface area contributed by atoms with Gasteiger partial charge in [0, 0.05) is 38.6 Å². The summed E-state index contributed by atoms with van der Waals surface area (Å²) in [5, 5.41) is 3.33. The molecule has 0 aliphatic carbocycles. The van der Waals surface area contributed by atoms with Crippen molar-refractivity contribution in [3.63, 3.8) is 0 Å². The second-order valence-electron chi connectivity index (χ2n) is 8.88. The first-order chi connectivity index (χ1) is 18.1. The molecule has 0 aliphatic heterocycles. The van der Waals surface area contributed by atoms with Crippen molar-refractivity contribution in [2.45, 2.75) is 25.9 Å². The quantitative estimate of drug-likeness (QED) is 0.368. The Hall–Kier alpha value is -3.40. The third kappa shape index (κ3) is 7.56. The number of hydrogen-bond acceptors (Lipinski definition) is 4. The lowest BCUT2D eigenvalue weighted by atomic mass is 10.0. The maximum Gasteiger partial charge on any atom is 0.304 e. The molecule has 0 heterocycles. The molecular formula is C28H33ClN4O4S. The molecular weight excluding hydrogens is 524 g/mol. The Labute approximate surface area is 230 Å². The lowest BCUT2D eigenvalue weighted by Gasteiger charge is -2.34. The van der Waals surface area contributed by atoms with Gasteiger partial charge in [0.05, 0.1) is 5.69 Å². The van der Waals surface area contributed by atoms with Crippen LogP contribution in [0.3, 0.4) is 0 Å². The number of likely N-dealkylation sites (N-methyl/N-ethyl adjacent to an activating group) is 1. The Morgan fingerprint density at radius 2 is 1.50 bits per heavy atom. The van der Waals surface area contributed by atoms with Gasteiger partial charge in [0.2, 0.25) is 11.8 Å². The van der Waals surface area contributed by atoms with Gasteiger partial charge in [-0.25, -0.2) is 4.31 Å². The average molecular weight is 557 g/mol. The van der Waals surface area contributed by atoms with Crippen LogP contribution in [0.25, 0.3) is 0 Å². The van der Waals surface area contributed by atoms with Crippen LogP contribution in [0.2, 0.25) is 5.02 Å². The molecule has 0 saturated carbocycles. The van der Waals surface area contributed by atoms with Crippen LogP contribution in [0, 0.1) is 0 Å². The van der Waals surface area contributed by atoms with Crippen LogP contribution < -0.4 is 9.62 Å². The van der Waals surface area contributed by atoms with E-state index >= 15 is 0 Å². The van der Waals surface area contributed by atoms with Crippen LogP contribution >= 0.6 is 11.6 Å². The van der Waals surface area contributed by atoms with E-state index in [-0.39, 0.29) is 18.9 Å². The maximum atomic E-state index is 14.0. The van der Waals surface area contributed by atoms with Gasteiger partial charge in [-0.3, -0.25) is 9.59 Å². The lowest BCUT2D eigenvalue weighted by molar-refractivity contribution is -0.140. The summed E-state index contributed by atoms with van der Waals surface area (Å²) in [6, 6.07) is 24.0. The topological polar surface area (TPSA) is 90.0 Å². The average Bonchev–Trinajstić information content (AvgIpc) is 2.90. The minimum absolute atomic E-state index is 0.0681. The molecule has 0 aromatic heterocycles. The molecule has 1 atom stereocenters. The molecule has 0 fully saturated rings. The molecule has 3 aromatic rings. The first kappa shape index (κ1) is 29.2. The van der Waals surface area contributed by atoms with E-state index in [1.807, 2.05) is 36.4 Å². The highest BCUT2D eigenvalue weighted by Gasteiger charge is 2.34. The SMILES string of the molecule is CCNC(=O)C(Cc1ccccc1)N(Cc1cccc(Cl)c1)C(=O)CN(c1ccccc1)S(=O)(=O)N(C)C. The van der Waals surface area contributed by atoms with Crippen molar-refractivity contribution < 1.29 is 18.0 Å². The number of anilines is 1. The molecule has 10 heteroatoms. The van der Waals surface area contributed by atoms with Crippen molar-refractivity contribution in [3.05, 3.63) is 101 Å². The van der Waals surface area contributed by atoms with Crippen LogP contribution in [0.5, 0.6) is 0 Å². The zero-order chi connectivity index (χ0) is 27.7. The van der Waals surface area contributed by atoms with Crippen molar-refractivity contribution in [2.24, 2.45) is 0 Å². The van der Waals surface area contributed by atoms with E-state index < -0.39 is 28.7 Å². The van der Waals surface area contributed by atoms with Crippen molar-refractivity contribution in [1.82, 2.24) is 14.5 Å². The molecule has 0 spiro atoms. The first-order valence-electron chi connectivity index (χ1n) is 12.2. The van der Waals surface area contributed by atoms with Gasteiger partial charge in [0.25, 0.3) is 0 Å². The summed E-state index contributed by atoms with van der Waals surface area (Å²) in [6.07, 6.45) is 0.255. The highest BCUT2D eigenvalue weighted by molar-refractivity contribution is 7.90. The molecule has 0 saturated heterocycles. The number of rotatable bonds is 12. The summed E-state index contributed by atoms with van der Waals surface area (Å²) >= 11 is 6.21. The van der Waals surface area contributed by atoms with Crippen LogP contribution in [-0.4, -0.2) is 62.7 Å². The number of halogens is 1. The Morgan fingerprint density at radius 3 is 2.08 bits per heavy atom. The largest absolute Gasteiger partial charge is 0.355 e. The third-order valence-corrected chi connectivity index (χ3v) is 7.98. The summed E-state index contributed by atoms with van der Waals surface area (Å²) in [7, 11) is -1.20. The molecule has 38 heavy (non-hydrogen) atoms. The molecule has 1 unspecified atom stereocenters. The van der Waals surface area contributed by atoms with Gasteiger partial charge in [0.15, 0.2) is 0 Å². The fraction of sp³-hybridized carbons (Fsp3) is 0.286. The monoisotopic (exact) mass is 556 g/mol. The zero-order valence-electron chi connectivity index (χ0n) is 21.7. The molecule has 0 radical (unpaired) electrons. The Kier molecular flexibility index (Phi) is 10.3. The van der Waals surface area contributed by atoms with Crippen LogP contribution in [0.4, 0.5) is 5.69 Å². The second kappa shape index (κ2) is 13.4. The summed E-state index contributed by atoms with van der Waals surface area (Å²) in [6.45, 7) is 1.77. The van der Waals surface area contributed by atoms with Crippen molar-refractivity contribution >= 4 is 39.3 Å². The standard InChI is InChI=1S/C28H33ClN4O4S/c1-4-30-28(35)26(19-22-12-7-5-8-13-22)32(20-23-14-11-15-24(29)18-23)27(34)21-33(38(36,37)31(2)3)25-16-9-6-10-17-25/h5-18,26H,4,19-21H2,1-3H3,(H,30,35). The number of carbonyl (C=O) groups excluding carboxylic acids is 2. The van der Waals surface area contributed by atoms with Gasteiger partial charge in [-0.2, -0.15) is 12.7 Å². The van der Waals surface area contributed by atoms with E-state index in [0.717, 1.165) is 19.7 Å². The fourth-order valence-corrected chi connectivity index (χ4v) is 5.26. The molecule has 202 valence electrons. The predicted octanol–water partition coefficient (Wildman–Crippen LogP) is 3.73. The molecule has 0 aliphatic rings. The minimum Gasteiger partial charge on any atom is -0.355 e. The molecule has 2 amide bonds. The van der Waals surface area contributed by atoms with E-state index in [9.17, 15) is 18.0 Å². The van der Waals surface area contributed by atoms with Crippen LogP contribution in [-0.2, 0) is 32.8 Å². The van der Waals surface area contributed by atoms with E-state index in [1.54, 1.807) is 55.5 Å². The third-order valence-electron chi connectivity index (χ3n) is 5.93. The smallest absolute Gasteiger partial charge is 0.304 e. The minimum atomic E-state index is -4.02. The first-order valence-corrected chi connectivity index (χ1v) is 14.0. The summed E-state index contributed by atoms with van der Waals surface area (Å²) < 4.78 is 28.7. The van der Waals surface area contributed by atoms with Gasteiger partial charge < -0.3 is 10.2 Å². The summed E-state index contributed by atoms with van der Waals surface area (Å²) in [4.78, 5) is 28.8. The molecule has 3 aromatic carbocycles. The molecule has 1 N–H and O–H groups in total. The van der Waals surface area contributed by atoms with Crippen LogP contribution in [0.15, 0.2) is 84.9 Å². The van der Waals surface area contributed by atoms with Crippen molar-refractivity contribution in [3.8, 4) is 0 Å². The number of hydrogen-bond donors (Lipinski definition) is 1. The highest BCUT2D eigenvalue weighted by atomic mass is 35.5. The Morgan fingerprint density at radius 1 is 0.895 bits per heavy atom. The van der Waals surface area contributed by atoms with Gasteiger partial charge >= 0.3 is 10.2 Å². The number of carbonyl (C=O) groups is 2. The number of benzene rings is 3. The number of nitrogens with zero attached hydrogens (tertiary/aromatic N) is 3. The van der Waals surface area contributed by atoms with Crippen molar-refractivity contribution in [2.75, 3.05) is 31.5 Å². The van der Waals surface area contributed by atoms with Gasteiger partial charge in [0.1, 0.15) is 12.6 Å². The van der Waals surface area contributed by atoms with Gasteiger partial charge in [-0.15, -0.1) is 0 Å². The highest BCUT2D eigenvalue weighted by Crippen LogP contribution is 2.22. The molecule has 8 nitrogen and oxygen atoms in total. The zero-order valence-corrected chi connectivity index (χ0v) is 23.3. The summed E-state index contributed by atoms with van der Waals surface area (Å²) in [5.74, 6) is -0.847. The normalized spacial score (nSPS) is 12.1.